The summed E-state index contributed by atoms with van der Waals surface area (Å²) in [5.41, 5.74) is 5.83. The number of rotatable bonds is 6. The van der Waals surface area contributed by atoms with E-state index in [-0.39, 0.29) is 5.92 Å². The van der Waals surface area contributed by atoms with Crippen molar-refractivity contribution in [1.82, 2.24) is 19.4 Å². The Hall–Kier alpha value is -3.16. The van der Waals surface area contributed by atoms with Crippen molar-refractivity contribution in [2.45, 2.75) is 39.2 Å². The number of nitrogens with zero attached hydrogens (tertiary/aromatic N) is 5. The molecule has 3 aromatic carbocycles. The predicted octanol–water partition coefficient (Wildman–Crippen LogP) is 6.47. The third kappa shape index (κ3) is 5.68. The molecular weight excluding hydrogens is 562 g/mol. The second-order valence-electron chi connectivity index (χ2n) is 11.5. The van der Waals surface area contributed by atoms with E-state index in [1.54, 1.807) is 0 Å². The lowest BCUT2D eigenvalue weighted by Gasteiger charge is -2.39. The Bertz CT molecular complexity index is 1470. The first kappa shape index (κ1) is 27.0. The fourth-order valence-electron chi connectivity index (χ4n) is 6.20. The smallest absolute Gasteiger partial charge is 0.227 e. The van der Waals surface area contributed by atoms with Crippen molar-refractivity contribution in [3.8, 4) is 5.69 Å². The molecule has 2 aliphatic heterocycles. The molecule has 40 heavy (non-hydrogen) atoms. The minimum absolute atomic E-state index is 0.0503. The van der Waals surface area contributed by atoms with Crippen LogP contribution in [0.1, 0.15) is 44.0 Å². The molecule has 1 aromatic heterocycles. The highest BCUT2D eigenvalue weighted by atomic mass is 79.9. The molecule has 7 heteroatoms. The zero-order valence-electron chi connectivity index (χ0n) is 23.5. The predicted molar refractivity (Wildman–Crippen MR) is 166 cm³/mol. The van der Waals surface area contributed by atoms with E-state index < -0.39 is 0 Å². The van der Waals surface area contributed by atoms with Crippen LogP contribution < -0.4 is 4.90 Å². The Labute approximate surface area is 245 Å². The quantitative estimate of drug-likeness (QED) is 0.255. The summed E-state index contributed by atoms with van der Waals surface area (Å²) in [4.78, 5) is 25.6. The first-order valence-electron chi connectivity index (χ1n) is 14.5. The van der Waals surface area contributed by atoms with Gasteiger partial charge >= 0.3 is 0 Å². The second kappa shape index (κ2) is 11.8. The molecule has 1 atom stereocenters. The van der Waals surface area contributed by atoms with Crippen LogP contribution in [-0.2, 0) is 11.3 Å². The van der Waals surface area contributed by atoms with Gasteiger partial charge in [0.2, 0.25) is 5.91 Å². The first-order chi connectivity index (χ1) is 19.5. The van der Waals surface area contributed by atoms with Gasteiger partial charge in [-0.1, -0.05) is 60.1 Å². The number of piperidine rings is 1. The maximum Gasteiger partial charge on any atom is 0.227 e. The molecule has 208 valence electrons. The number of hydrogen-bond donors (Lipinski definition) is 0. The summed E-state index contributed by atoms with van der Waals surface area (Å²) < 4.78 is 3.31. The molecule has 2 fully saturated rings. The average molecular weight is 601 g/mol. The number of aromatic nitrogens is 2. The number of benzene rings is 3. The molecule has 0 aliphatic carbocycles. The zero-order chi connectivity index (χ0) is 27.6. The van der Waals surface area contributed by atoms with Crippen molar-refractivity contribution in [2.24, 2.45) is 5.92 Å². The lowest BCUT2D eigenvalue weighted by Crippen LogP contribution is -2.52. The lowest BCUT2D eigenvalue weighted by molar-refractivity contribution is -0.137. The number of fused-ring (bicyclic) bond motifs is 1. The second-order valence-corrected chi connectivity index (χ2v) is 12.4. The monoisotopic (exact) mass is 599 g/mol. The molecule has 0 bridgehead atoms. The molecule has 4 aromatic rings. The standard InChI is InChI=1S/C33H38BrN5O/c1-24(2)25-12-14-28(15-13-25)37-17-19-38(20-18-37)33(40)26-7-6-16-36(22-26)23-32-35-30-10-3-4-11-31(30)39(32)29-9-5-8-27(34)21-29/h3-5,8-15,21,24,26H,6-7,16-20,22-23H2,1-2H3/t26-/m0/s1. The Kier molecular flexibility index (Phi) is 7.94. The molecular formula is C33H38BrN5O. The first-order valence-corrected chi connectivity index (χ1v) is 15.3. The largest absolute Gasteiger partial charge is 0.368 e. The minimum Gasteiger partial charge on any atom is -0.368 e. The fraction of sp³-hybridized carbons (Fsp3) is 0.394. The molecule has 0 unspecified atom stereocenters. The summed E-state index contributed by atoms with van der Waals surface area (Å²) in [5, 5.41) is 0. The van der Waals surface area contributed by atoms with Crippen molar-refractivity contribution in [3.63, 3.8) is 0 Å². The Balaban J connectivity index is 1.12. The van der Waals surface area contributed by atoms with E-state index in [2.05, 4.69) is 110 Å². The third-order valence-corrected chi connectivity index (χ3v) is 8.93. The molecule has 3 heterocycles. The number of anilines is 1. The highest BCUT2D eigenvalue weighted by molar-refractivity contribution is 9.10. The molecule has 0 saturated carbocycles. The fourth-order valence-corrected chi connectivity index (χ4v) is 6.59. The normalized spacial score (nSPS) is 18.6. The number of halogens is 1. The number of amides is 1. The summed E-state index contributed by atoms with van der Waals surface area (Å²) in [6.45, 7) is 10.3. The number of hydrogen-bond acceptors (Lipinski definition) is 4. The van der Waals surface area contributed by atoms with Crippen molar-refractivity contribution in [3.05, 3.63) is 88.7 Å². The van der Waals surface area contributed by atoms with Crippen LogP contribution in [0.3, 0.4) is 0 Å². The summed E-state index contributed by atoms with van der Waals surface area (Å²) in [6.07, 6.45) is 2.00. The topological polar surface area (TPSA) is 44.6 Å². The van der Waals surface area contributed by atoms with Gasteiger partial charge in [0.05, 0.1) is 23.5 Å². The number of likely N-dealkylation sites (tertiary alicyclic amines) is 1. The van der Waals surface area contributed by atoms with E-state index in [9.17, 15) is 4.79 Å². The number of carbonyl (C=O) groups is 1. The van der Waals surface area contributed by atoms with Crippen LogP contribution in [-0.4, -0.2) is 64.5 Å². The Morgan fingerprint density at radius 2 is 1.70 bits per heavy atom. The lowest BCUT2D eigenvalue weighted by atomic mass is 9.96. The molecule has 2 aliphatic rings. The van der Waals surface area contributed by atoms with Crippen LogP contribution in [0.5, 0.6) is 0 Å². The van der Waals surface area contributed by atoms with E-state index in [4.69, 9.17) is 4.98 Å². The van der Waals surface area contributed by atoms with Gasteiger partial charge in [0.1, 0.15) is 5.82 Å². The van der Waals surface area contributed by atoms with Crippen LogP contribution in [0.15, 0.2) is 77.3 Å². The van der Waals surface area contributed by atoms with Crippen LogP contribution in [0.2, 0.25) is 0 Å². The number of imidazole rings is 1. The molecule has 0 N–H and O–H groups in total. The van der Waals surface area contributed by atoms with E-state index in [1.807, 2.05) is 12.1 Å². The molecule has 6 nitrogen and oxygen atoms in total. The Morgan fingerprint density at radius 1 is 0.925 bits per heavy atom. The minimum atomic E-state index is 0.0503. The molecule has 1 amide bonds. The number of piperazine rings is 1. The van der Waals surface area contributed by atoms with Crippen molar-refractivity contribution >= 4 is 38.6 Å². The number of carbonyl (C=O) groups excluding carboxylic acids is 1. The maximum atomic E-state index is 13.6. The average Bonchev–Trinajstić information content (AvgIpc) is 3.35. The van der Waals surface area contributed by atoms with E-state index >= 15 is 0 Å². The van der Waals surface area contributed by atoms with Gasteiger partial charge in [-0.3, -0.25) is 14.3 Å². The number of para-hydroxylation sites is 2. The maximum absolute atomic E-state index is 13.6. The summed E-state index contributed by atoms with van der Waals surface area (Å²) in [6, 6.07) is 25.6. The van der Waals surface area contributed by atoms with Gasteiger partial charge in [0.25, 0.3) is 0 Å². The summed E-state index contributed by atoms with van der Waals surface area (Å²) >= 11 is 3.63. The van der Waals surface area contributed by atoms with Crippen molar-refractivity contribution in [2.75, 3.05) is 44.2 Å². The highest BCUT2D eigenvalue weighted by Gasteiger charge is 2.32. The molecule has 0 spiro atoms. The van der Waals surface area contributed by atoms with Crippen molar-refractivity contribution in [1.29, 1.82) is 0 Å². The van der Waals surface area contributed by atoms with E-state index in [0.717, 1.165) is 85.7 Å². The van der Waals surface area contributed by atoms with Crippen LogP contribution in [0.25, 0.3) is 16.7 Å². The molecule has 0 radical (unpaired) electrons. The zero-order valence-corrected chi connectivity index (χ0v) is 25.1. The Morgan fingerprint density at radius 3 is 2.45 bits per heavy atom. The van der Waals surface area contributed by atoms with E-state index in [0.29, 0.717) is 11.8 Å². The molecule has 2 saturated heterocycles. The van der Waals surface area contributed by atoms with Gasteiger partial charge in [-0.25, -0.2) is 4.98 Å². The van der Waals surface area contributed by atoms with Crippen LogP contribution in [0, 0.1) is 5.92 Å². The summed E-state index contributed by atoms with van der Waals surface area (Å²) in [5.74, 6) is 1.93. The van der Waals surface area contributed by atoms with Gasteiger partial charge in [0, 0.05) is 48.6 Å². The van der Waals surface area contributed by atoms with E-state index in [1.165, 1.54) is 11.3 Å². The molecule has 6 rings (SSSR count). The van der Waals surface area contributed by atoms with Crippen molar-refractivity contribution < 1.29 is 4.79 Å². The van der Waals surface area contributed by atoms with Gasteiger partial charge in [-0.15, -0.1) is 0 Å². The van der Waals surface area contributed by atoms with Gasteiger partial charge in [-0.05, 0) is 73.3 Å². The van der Waals surface area contributed by atoms with Crippen LogP contribution >= 0.6 is 15.9 Å². The van der Waals surface area contributed by atoms with Crippen LogP contribution in [0.4, 0.5) is 5.69 Å². The van der Waals surface area contributed by atoms with Gasteiger partial charge in [0.15, 0.2) is 0 Å². The van der Waals surface area contributed by atoms with Gasteiger partial charge in [-0.2, -0.15) is 0 Å². The van der Waals surface area contributed by atoms with Gasteiger partial charge < -0.3 is 9.80 Å². The SMILES string of the molecule is CC(C)c1ccc(N2CCN(C(=O)[C@H]3CCCN(Cc4nc5ccccc5n4-c4cccc(Br)c4)C3)CC2)cc1. The third-order valence-electron chi connectivity index (χ3n) is 8.43. The summed E-state index contributed by atoms with van der Waals surface area (Å²) in [7, 11) is 0. The highest BCUT2D eigenvalue weighted by Crippen LogP contribution is 2.27.